The lowest BCUT2D eigenvalue weighted by molar-refractivity contribution is -0.137. The van der Waals surface area contributed by atoms with Crippen LogP contribution in [0.1, 0.15) is 18.4 Å². The molecule has 1 fully saturated rings. The number of nitrogens with zero attached hydrogens (tertiary/aromatic N) is 2. The average molecular weight is 487 g/mol. The molecule has 23 heavy (non-hydrogen) atoms. The Kier molecular flexibility index (Phi) is 6.34. The molecule has 0 aromatic carbocycles. The number of carboxylic acid groups (broad SMARTS) is 1. The summed E-state index contributed by atoms with van der Waals surface area (Å²) in [5.41, 5.74) is 0.318. The van der Waals surface area contributed by atoms with Crippen molar-refractivity contribution in [2.24, 2.45) is 0 Å². The predicted octanol–water partition coefficient (Wildman–Crippen LogP) is 3.54. The fourth-order valence-corrected chi connectivity index (χ4v) is 3.99. The molecule has 2 rings (SSSR count). The van der Waals surface area contributed by atoms with Crippen LogP contribution in [-0.2, 0) is 9.59 Å². The van der Waals surface area contributed by atoms with Crippen molar-refractivity contribution in [3.8, 4) is 0 Å². The van der Waals surface area contributed by atoms with Gasteiger partial charge in [0, 0.05) is 18.5 Å². The number of pyridine rings is 1. The number of aromatic nitrogens is 1. The molecule has 0 saturated carbocycles. The normalized spacial score (nSPS) is 16.5. The molecule has 1 amide bonds. The molecule has 1 N–H and O–H groups in total. The minimum absolute atomic E-state index is 0.0480. The van der Waals surface area contributed by atoms with Gasteiger partial charge < -0.3 is 5.11 Å². The lowest BCUT2D eigenvalue weighted by atomic mass is 10.2. The lowest BCUT2D eigenvalue weighted by Gasteiger charge is -2.13. The highest BCUT2D eigenvalue weighted by atomic mass is 127. The third kappa shape index (κ3) is 4.40. The third-order valence-corrected chi connectivity index (χ3v) is 5.66. The van der Waals surface area contributed by atoms with Crippen molar-refractivity contribution < 1.29 is 19.1 Å². The van der Waals surface area contributed by atoms with E-state index >= 15 is 0 Å². The van der Waals surface area contributed by atoms with Crippen molar-refractivity contribution in [1.82, 2.24) is 9.88 Å². The fraction of sp³-hybridized carbons (Fsp3) is 0.231. The maximum absolute atomic E-state index is 13.6. The van der Waals surface area contributed by atoms with Gasteiger partial charge >= 0.3 is 5.97 Å². The molecule has 0 atom stereocenters. The van der Waals surface area contributed by atoms with Gasteiger partial charge in [-0.15, -0.1) is 0 Å². The molecule has 0 bridgehead atoms. The second-order valence-corrected chi connectivity index (χ2v) is 7.57. The van der Waals surface area contributed by atoms with E-state index in [2.05, 4.69) is 4.98 Å². The molecule has 1 aliphatic rings. The van der Waals surface area contributed by atoms with E-state index in [1.165, 1.54) is 11.0 Å². The number of halogens is 3. The molecule has 0 radical (unpaired) electrons. The summed E-state index contributed by atoms with van der Waals surface area (Å²) in [6.07, 6.45) is 2.72. The van der Waals surface area contributed by atoms with Crippen LogP contribution in [0.3, 0.4) is 0 Å². The molecule has 0 unspecified atom stereocenters. The van der Waals surface area contributed by atoms with Gasteiger partial charge in [-0.05, 0) is 35.1 Å². The number of hydrogen-bond donors (Lipinski definition) is 1. The Morgan fingerprint density at radius 1 is 1.61 bits per heavy atom. The highest BCUT2D eigenvalue weighted by molar-refractivity contribution is 14.1. The van der Waals surface area contributed by atoms with Crippen molar-refractivity contribution in [1.29, 1.82) is 0 Å². The van der Waals surface area contributed by atoms with Crippen molar-refractivity contribution in [3.05, 3.63) is 31.2 Å². The van der Waals surface area contributed by atoms with E-state index in [1.54, 1.807) is 22.6 Å². The molecule has 0 spiro atoms. The van der Waals surface area contributed by atoms with Gasteiger partial charge in [0.15, 0.2) is 5.82 Å². The molecule has 5 nitrogen and oxygen atoms in total. The van der Waals surface area contributed by atoms with Crippen LogP contribution in [0.15, 0.2) is 11.1 Å². The third-order valence-electron chi connectivity index (χ3n) is 2.88. The van der Waals surface area contributed by atoms with Crippen LogP contribution in [0.4, 0.5) is 4.39 Å². The van der Waals surface area contributed by atoms with Crippen LogP contribution in [-0.4, -0.2) is 37.7 Å². The van der Waals surface area contributed by atoms with Gasteiger partial charge in [0.1, 0.15) is 9.47 Å². The van der Waals surface area contributed by atoms with Crippen molar-refractivity contribution in [2.45, 2.75) is 12.8 Å². The zero-order chi connectivity index (χ0) is 17.1. The van der Waals surface area contributed by atoms with Gasteiger partial charge in [-0.3, -0.25) is 14.5 Å². The summed E-state index contributed by atoms with van der Waals surface area (Å²) in [6, 6.07) is 0. The van der Waals surface area contributed by atoms with E-state index in [0.29, 0.717) is 21.2 Å². The Bertz CT molecular complexity index is 729. The average Bonchev–Trinajstić information content (AvgIpc) is 2.74. The topological polar surface area (TPSA) is 70.5 Å². The number of aliphatic carboxylic acids is 1. The summed E-state index contributed by atoms with van der Waals surface area (Å²) in [6.45, 7) is 0.223. The Morgan fingerprint density at radius 2 is 2.30 bits per heavy atom. The number of thioether (sulfide) groups is 1. The molecule has 1 aromatic rings. The van der Waals surface area contributed by atoms with Gasteiger partial charge in [-0.25, -0.2) is 9.37 Å². The fourth-order valence-electron chi connectivity index (χ4n) is 1.79. The molecule has 2 heterocycles. The molecule has 10 heteroatoms. The van der Waals surface area contributed by atoms with E-state index in [4.69, 9.17) is 28.9 Å². The number of rotatable bonds is 5. The van der Waals surface area contributed by atoms with E-state index in [9.17, 15) is 14.0 Å². The van der Waals surface area contributed by atoms with Crippen LogP contribution in [0.25, 0.3) is 6.08 Å². The first-order chi connectivity index (χ1) is 10.8. The Morgan fingerprint density at radius 3 is 2.96 bits per heavy atom. The number of amides is 1. The number of carboxylic acids is 1. The summed E-state index contributed by atoms with van der Waals surface area (Å²) >= 11 is 14.0. The van der Waals surface area contributed by atoms with Crippen LogP contribution in [0.2, 0.25) is 5.15 Å². The van der Waals surface area contributed by atoms with Crippen molar-refractivity contribution >= 4 is 80.4 Å². The van der Waals surface area contributed by atoms with E-state index in [0.717, 1.165) is 18.0 Å². The molecule has 1 saturated heterocycles. The first-order valence-electron chi connectivity index (χ1n) is 6.28. The van der Waals surface area contributed by atoms with Crippen LogP contribution in [0.5, 0.6) is 0 Å². The SMILES string of the molecule is O=C(O)CCCN1C(=O)/C(=C/c2c(Cl)ncc(F)c2I)SC1=S. The van der Waals surface area contributed by atoms with E-state index in [1.807, 2.05) is 0 Å². The summed E-state index contributed by atoms with van der Waals surface area (Å²) < 4.78 is 14.2. The maximum Gasteiger partial charge on any atom is 0.303 e. The molecule has 1 aromatic heterocycles. The lowest BCUT2D eigenvalue weighted by Crippen LogP contribution is -2.29. The van der Waals surface area contributed by atoms with Crippen LogP contribution >= 0.6 is 58.2 Å². The molecular formula is C13H9ClFIN2O3S2. The Balaban J connectivity index is 2.22. The summed E-state index contributed by atoms with van der Waals surface area (Å²) in [5.74, 6) is -1.81. The number of thiocarbonyl (C=S) groups is 1. The second-order valence-electron chi connectivity index (χ2n) is 4.46. The van der Waals surface area contributed by atoms with E-state index < -0.39 is 11.8 Å². The monoisotopic (exact) mass is 486 g/mol. The van der Waals surface area contributed by atoms with Crippen LogP contribution < -0.4 is 0 Å². The number of carbonyl (C=O) groups excluding carboxylic acids is 1. The Labute approximate surface area is 159 Å². The van der Waals surface area contributed by atoms with Gasteiger partial charge in [0.2, 0.25) is 0 Å². The van der Waals surface area contributed by atoms with Crippen LogP contribution in [0, 0.1) is 9.39 Å². The highest BCUT2D eigenvalue weighted by Crippen LogP contribution is 2.35. The van der Waals surface area contributed by atoms with Gasteiger partial charge in [0.05, 0.1) is 14.7 Å². The predicted molar refractivity (Wildman–Crippen MR) is 98.7 cm³/mol. The smallest absolute Gasteiger partial charge is 0.303 e. The largest absolute Gasteiger partial charge is 0.481 e. The minimum atomic E-state index is -0.932. The zero-order valence-electron chi connectivity index (χ0n) is 11.4. The second kappa shape index (κ2) is 7.86. The molecule has 0 aliphatic carbocycles. The molecule has 1 aliphatic heterocycles. The van der Waals surface area contributed by atoms with Crippen molar-refractivity contribution in [2.75, 3.05) is 6.54 Å². The van der Waals surface area contributed by atoms with E-state index in [-0.39, 0.29) is 27.6 Å². The zero-order valence-corrected chi connectivity index (χ0v) is 15.9. The Hall–Kier alpha value is -0.780. The summed E-state index contributed by atoms with van der Waals surface area (Å²) in [4.78, 5) is 28.2. The number of carbonyl (C=O) groups is 2. The number of hydrogen-bond acceptors (Lipinski definition) is 5. The molecule has 122 valence electrons. The van der Waals surface area contributed by atoms with Gasteiger partial charge in [-0.2, -0.15) is 0 Å². The highest BCUT2D eigenvalue weighted by Gasteiger charge is 2.32. The minimum Gasteiger partial charge on any atom is -0.481 e. The first kappa shape index (κ1) is 18.6. The van der Waals surface area contributed by atoms with Gasteiger partial charge in [-0.1, -0.05) is 35.6 Å². The standard InChI is InChI=1S/C13H9ClFIN2O3S2/c14-11-6(10(16)7(15)5-17-11)4-8-12(21)18(13(22)23-8)3-1-2-9(19)20/h4-5H,1-3H2,(H,19,20)/b8-4-. The summed E-state index contributed by atoms with van der Waals surface area (Å²) in [7, 11) is 0. The molecular weight excluding hydrogens is 478 g/mol. The first-order valence-corrected chi connectivity index (χ1v) is 8.96. The van der Waals surface area contributed by atoms with Gasteiger partial charge in [0.25, 0.3) is 5.91 Å². The quantitative estimate of drug-likeness (QED) is 0.297. The van der Waals surface area contributed by atoms with Crippen molar-refractivity contribution in [3.63, 3.8) is 0 Å². The maximum atomic E-state index is 13.6. The summed E-state index contributed by atoms with van der Waals surface area (Å²) in [5, 5.41) is 8.73.